The molecular weight excluding hydrogens is 99.0 g/mol. The van der Waals surface area contributed by atoms with Crippen LogP contribution in [0.1, 0.15) is 0 Å². The maximum atomic E-state index is 11.6. The van der Waals surface area contributed by atoms with Crippen LogP contribution in [-0.4, -0.2) is 23.4 Å². The maximum Gasteiger partial charge on any atom is 0.124 e. The maximum absolute atomic E-state index is 11.6. The molecule has 0 aromatic carbocycles. The fourth-order valence-corrected chi connectivity index (χ4v) is 0.164. The van der Waals surface area contributed by atoms with Gasteiger partial charge in [0.1, 0.15) is 5.83 Å². The summed E-state index contributed by atoms with van der Waals surface area (Å²) < 4.78 is 11.6. The molecule has 3 heteroatoms. The second kappa shape index (κ2) is 3.77. The molecule has 42 valence electrons. The van der Waals surface area contributed by atoms with Crippen LogP contribution in [0.5, 0.6) is 0 Å². The van der Waals surface area contributed by atoms with E-state index in [2.05, 4.69) is 0 Å². The van der Waals surface area contributed by atoms with Gasteiger partial charge < -0.3 is 10.2 Å². The van der Waals surface area contributed by atoms with E-state index in [9.17, 15) is 4.39 Å². The lowest BCUT2D eigenvalue weighted by molar-refractivity contribution is 0.289. The molecule has 0 fully saturated rings. The van der Waals surface area contributed by atoms with Crippen molar-refractivity contribution in [3.8, 4) is 0 Å². The summed E-state index contributed by atoms with van der Waals surface area (Å²) in [5.41, 5.74) is 0. The number of rotatable bonds is 2. The van der Waals surface area contributed by atoms with Gasteiger partial charge >= 0.3 is 0 Å². The molecule has 0 saturated heterocycles. The third-order valence-electron chi connectivity index (χ3n) is 0.464. The first-order valence-corrected chi connectivity index (χ1v) is 1.87. The normalized spacial score (nSPS) is 12.1. The Kier molecular flexibility index (Phi) is 3.55. The Morgan fingerprint density at radius 1 is 1.57 bits per heavy atom. The Labute approximate surface area is 40.9 Å². The number of halogens is 1. The van der Waals surface area contributed by atoms with Crippen molar-refractivity contribution in [2.24, 2.45) is 0 Å². The second-order valence-corrected chi connectivity index (χ2v) is 0.992. The fraction of sp³-hybridized carbons (Fsp3) is 0.500. The summed E-state index contributed by atoms with van der Waals surface area (Å²) in [7, 11) is 0. The molecule has 0 rings (SSSR count). The minimum atomic E-state index is -0.692. The summed E-state index contributed by atoms with van der Waals surface area (Å²) in [6.45, 7) is -0.979. The van der Waals surface area contributed by atoms with E-state index < -0.39 is 12.4 Å². The summed E-state index contributed by atoms with van der Waals surface area (Å²) in [6.07, 6.45) is 0.903. The van der Waals surface area contributed by atoms with Crippen molar-refractivity contribution in [3.63, 3.8) is 0 Å². The zero-order chi connectivity index (χ0) is 5.70. The predicted molar refractivity (Wildman–Crippen MR) is 23.4 cm³/mol. The summed E-state index contributed by atoms with van der Waals surface area (Å²) in [5, 5.41) is 15.9. The Morgan fingerprint density at radius 3 is 2.29 bits per heavy atom. The fourth-order valence-electron chi connectivity index (χ4n) is 0.164. The van der Waals surface area contributed by atoms with E-state index in [4.69, 9.17) is 10.2 Å². The second-order valence-electron chi connectivity index (χ2n) is 0.992. The summed E-state index contributed by atoms with van der Waals surface area (Å²) in [6, 6.07) is 0. The van der Waals surface area contributed by atoms with E-state index in [0.29, 0.717) is 0 Å². The minimum absolute atomic E-state index is 0.355. The average molecular weight is 106 g/mol. The van der Waals surface area contributed by atoms with E-state index in [-0.39, 0.29) is 6.61 Å². The smallest absolute Gasteiger partial charge is 0.124 e. The molecular formula is C4H7FO2. The van der Waals surface area contributed by atoms with Gasteiger partial charge in [0, 0.05) is 0 Å². The van der Waals surface area contributed by atoms with Crippen LogP contribution in [0.2, 0.25) is 0 Å². The van der Waals surface area contributed by atoms with Crippen molar-refractivity contribution in [3.05, 3.63) is 11.9 Å². The van der Waals surface area contributed by atoms with Crippen LogP contribution in [0.4, 0.5) is 4.39 Å². The molecule has 0 saturated carbocycles. The zero-order valence-electron chi connectivity index (χ0n) is 3.76. The predicted octanol–water partition coefficient (Wildman–Crippen LogP) is -0.176. The quantitative estimate of drug-likeness (QED) is 0.512. The number of aliphatic hydroxyl groups is 2. The standard InChI is InChI=1S/C4H7FO2/c5-4(3-7)1-2-6/h1,6-7H,2-3H2. The van der Waals surface area contributed by atoms with Crippen molar-refractivity contribution in [1.82, 2.24) is 0 Å². The van der Waals surface area contributed by atoms with Crippen molar-refractivity contribution in [1.29, 1.82) is 0 Å². The van der Waals surface area contributed by atoms with Crippen LogP contribution in [0, 0.1) is 0 Å². The first-order chi connectivity index (χ1) is 3.31. The highest BCUT2D eigenvalue weighted by Gasteiger charge is 1.84. The molecule has 0 bridgehead atoms. The Bertz CT molecular complexity index is 70.1. The van der Waals surface area contributed by atoms with Crippen LogP contribution in [0.3, 0.4) is 0 Å². The number of hydrogen-bond donors (Lipinski definition) is 2. The van der Waals surface area contributed by atoms with Gasteiger partial charge in [-0.2, -0.15) is 0 Å². The zero-order valence-corrected chi connectivity index (χ0v) is 3.76. The molecule has 0 unspecified atom stereocenters. The molecule has 0 aromatic rings. The van der Waals surface area contributed by atoms with Crippen molar-refractivity contribution < 1.29 is 14.6 Å². The van der Waals surface area contributed by atoms with Gasteiger partial charge in [0.25, 0.3) is 0 Å². The van der Waals surface area contributed by atoms with Crippen LogP contribution in [-0.2, 0) is 0 Å². The molecule has 0 spiro atoms. The lowest BCUT2D eigenvalue weighted by Gasteiger charge is -1.83. The Hall–Kier alpha value is -0.410. The third kappa shape index (κ3) is 3.42. The summed E-state index contributed by atoms with van der Waals surface area (Å²) in [5.74, 6) is -0.692. The molecule has 0 aromatic heterocycles. The molecule has 7 heavy (non-hydrogen) atoms. The average Bonchev–Trinajstić information content (AvgIpc) is 1.68. The van der Waals surface area contributed by atoms with Crippen molar-refractivity contribution in [2.75, 3.05) is 13.2 Å². The topological polar surface area (TPSA) is 40.5 Å². The lowest BCUT2D eigenvalue weighted by Crippen LogP contribution is -1.83. The summed E-state index contributed by atoms with van der Waals surface area (Å²) in [4.78, 5) is 0. The largest absolute Gasteiger partial charge is 0.392 e. The van der Waals surface area contributed by atoms with Gasteiger partial charge in [0.2, 0.25) is 0 Å². The van der Waals surface area contributed by atoms with E-state index >= 15 is 0 Å². The van der Waals surface area contributed by atoms with E-state index in [0.717, 1.165) is 6.08 Å². The minimum Gasteiger partial charge on any atom is -0.392 e. The summed E-state index contributed by atoms with van der Waals surface area (Å²) >= 11 is 0. The SMILES string of the molecule is OCC=C(F)CO. The number of hydrogen-bond acceptors (Lipinski definition) is 2. The molecule has 0 heterocycles. The number of aliphatic hydroxyl groups excluding tert-OH is 2. The van der Waals surface area contributed by atoms with Crippen molar-refractivity contribution in [2.45, 2.75) is 0 Å². The van der Waals surface area contributed by atoms with Gasteiger partial charge in [-0.3, -0.25) is 0 Å². The van der Waals surface area contributed by atoms with Gasteiger partial charge in [0.05, 0.1) is 13.2 Å². The van der Waals surface area contributed by atoms with Crippen LogP contribution >= 0.6 is 0 Å². The first kappa shape index (κ1) is 6.59. The lowest BCUT2D eigenvalue weighted by atomic mass is 10.5. The van der Waals surface area contributed by atoms with Gasteiger partial charge in [0.15, 0.2) is 0 Å². The van der Waals surface area contributed by atoms with Crippen LogP contribution in [0.15, 0.2) is 11.9 Å². The van der Waals surface area contributed by atoms with E-state index in [1.807, 2.05) is 0 Å². The molecule has 0 aliphatic carbocycles. The third-order valence-corrected chi connectivity index (χ3v) is 0.464. The van der Waals surface area contributed by atoms with Gasteiger partial charge in [-0.1, -0.05) is 0 Å². The van der Waals surface area contributed by atoms with Crippen molar-refractivity contribution >= 4 is 0 Å². The van der Waals surface area contributed by atoms with Crippen LogP contribution < -0.4 is 0 Å². The molecule has 0 aliphatic rings. The highest BCUT2D eigenvalue weighted by atomic mass is 19.1. The van der Waals surface area contributed by atoms with Gasteiger partial charge in [-0.25, -0.2) is 4.39 Å². The highest BCUT2D eigenvalue weighted by Crippen LogP contribution is 1.89. The Balaban J connectivity index is 3.29. The highest BCUT2D eigenvalue weighted by molar-refractivity contribution is 4.89. The molecule has 2 N–H and O–H groups in total. The van der Waals surface area contributed by atoms with Crippen LogP contribution in [0.25, 0.3) is 0 Å². The van der Waals surface area contributed by atoms with E-state index in [1.165, 1.54) is 0 Å². The molecule has 0 radical (unpaired) electrons. The molecule has 0 aliphatic heterocycles. The van der Waals surface area contributed by atoms with Gasteiger partial charge in [-0.05, 0) is 6.08 Å². The molecule has 0 atom stereocenters. The van der Waals surface area contributed by atoms with Gasteiger partial charge in [-0.15, -0.1) is 0 Å². The molecule has 0 amide bonds. The molecule has 2 nitrogen and oxygen atoms in total. The van der Waals surface area contributed by atoms with E-state index in [1.54, 1.807) is 0 Å². The first-order valence-electron chi connectivity index (χ1n) is 1.87. The monoisotopic (exact) mass is 106 g/mol. The Morgan fingerprint density at radius 2 is 2.14 bits per heavy atom.